The van der Waals surface area contributed by atoms with Gasteiger partial charge in [-0.3, -0.25) is 47.5 Å². The molecule has 1 aliphatic carbocycles. The number of thioether (sulfide) groups is 1. The summed E-state index contributed by atoms with van der Waals surface area (Å²) in [4.78, 5) is 124. The standard InChI is InChI=1S/C83H112N10O17S3/c1-54(2)48-64(91-76(100)65(49-56-26-13-12-14-27-56)90-71(96)52-85-70(95)51-88-79(104)83(10,11)82(8,9)78(103)87-50-55(3)94)75(99)86-53-72(97)89-63(77(101)102)32-19-20-43-84-74(98)59-35-39-60(40-36-59)111-73-57(37-41-68-80(4,5)61-30-15-17-33-66(61)92(68)44-21-23-46-112(105,106)107)28-25-29-58(73)38-42-69-81(6,7)62-31-16-18-34-67(62)93(69)45-22-24-47-113(108,109)110/h12-18,26-27,30-31,33-42,54-55,63-65,94H,19-25,28-29,32,43-53H2,1-11H3,(H10-,84,85,86,87,88,89,90,91,95,96,97,98,99,100,101,102,103,104,105,106,107,108,109,110)/p+1. The average Bonchev–Trinajstić information content (AvgIpc) is 1.60. The highest BCUT2D eigenvalue weighted by Gasteiger charge is 2.49. The zero-order valence-electron chi connectivity index (χ0n) is 66.6. The number of anilines is 1. The van der Waals surface area contributed by atoms with Crippen molar-refractivity contribution in [3.8, 4) is 0 Å². The number of hydrogen-bond donors (Lipinski definition) is 12. The number of benzene rings is 4. The highest BCUT2D eigenvalue weighted by atomic mass is 32.2. The highest BCUT2D eigenvalue weighted by Crippen LogP contribution is 2.49. The third-order valence-corrected chi connectivity index (χ3v) is 23.9. The fourth-order valence-corrected chi connectivity index (χ4v) is 16.1. The van der Waals surface area contributed by atoms with Gasteiger partial charge in [-0.05, 0) is 150 Å². The van der Waals surface area contributed by atoms with E-state index in [-0.39, 0.29) is 74.9 Å². The molecule has 0 bridgehead atoms. The molecule has 4 aromatic carbocycles. The SMILES string of the molecule is CC(C)CC(NC(=O)C(Cc1ccccc1)NC(=O)CNC(=O)CNC(=O)C(C)(C)C(C)(C)C(=O)NCC(C)O)C(=O)NCC(=O)NC(CCCCNC(=O)c1ccc(SC2=C(/C=C/C3=[N+](CCCCS(=O)(=O)O)c4ccccc4C3(C)C)CCC/C2=C\C=C2/N(CCCCS(=O)(=O)O)c3ccccc3C2(C)C)cc1)C(=O)O. The quantitative estimate of drug-likeness (QED) is 0.0112. The Morgan fingerprint density at radius 3 is 1.83 bits per heavy atom. The van der Waals surface area contributed by atoms with E-state index in [0.717, 1.165) is 74.1 Å². The Morgan fingerprint density at radius 1 is 0.602 bits per heavy atom. The van der Waals surface area contributed by atoms with Crippen molar-refractivity contribution in [3.63, 3.8) is 0 Å². The number of nitrogens with zero attached hydrogens (tertiary/aromatic N) is 2. The fraction of sp³-hybridized carbons (Fsp3) is 0.494. The number of fused-ring (bicyclic) bond motifs is 2. The molecule has 614 valence electrons. The number of aliphatic hydroxyl groups is 1. The lowest BCUT2D eigenvalue weighted by Crippen LogP contribution is -2.57. The van der Waals surface area contributed by atoms with Gasteiger partial charge in [0.05, 0.1) is 53.5 Å². The van der Waals surface area contributed by atoms with Gasteiger partial charge in [0.25, 0.3) is 26.1 Å². The molecule has 27 nitrogen and oxygen atoms in total. The Hall–Kier alpha value is -9.33. The number of rotatable bonds is 42. The first-order valence-corrected chi connectivity index (χ1v) is 42.5. The van der Waals surface area contributed by atoms with Gasteiger partial charge in [-0.2, -0.15) is 21.4 Å². The lowest BCUT2D eigenvalue weighted by molar-refractivity contribution is -0.438. The molecular weight excluding hydrogens is 1510 g/mol. The molecule has 113 heavy (non-hydrogen) atoms. The van der Waals surface area contributed by atoms with Gasteiger partial charge in [0.2, 0.25) is 47.0 Å². The molecule has 0 fully saturated rings. The number of para-hydroxylation sites is 2. The minimum Gasteiger partial charge on any atom is -0.480 e. The minimum absolute atomic E-state index is 0.0187. The van der Waals surface area contributed by atoms with Gasteiger partial charge in [-0.15, -0.1) is 0 Å². The van der Waals surface area contributed by atoms with Gasteiger partial charge in [0, 0.05) is 82.3 Å². The van der Waals surface area contributed by atoms with Crippen molar-refractivity contribution in [1.29, 1.82) is 0 Å². The van der Waals surface area contributed by atoms with E-state index in [0.29, 0.717) is 43.5 Å². The average molecular weight is 1620 g/mol. The molecular formula is C83H113N10O17S3+. The summed E-state index contributed by atoms with van der Waals surface area (Å²) in [5.41, 5.74) is 6.15. The van der Waals surface area contributed by atoms with Crippen LogP contribution in [0.25, 0.3) is 0 Å². The second-order valence-electron chi connectivity index (χ2n) is 31.6. The Morgan fingerprint density at radius 2 is 1.19 bits per heavy atom. The summed E-state index contributed by atoms with van der Waals surface area (Å²) in [5, 5.41) is 40.5. The van der Waals surface area contributed by atoms with Crippen molar-refractivity contribution in [3.05, 3.63) is 171 Å². The van der Waals surface area contributed by atoms with Crippen LogP contribution >= 0.6 is 11.8 Å². The Kier molecular flexibility index (Phi) is 32.6. The van der Waals surface area contributed by atoms with E-state index in [9.17, 15) is 79.3 Å². The lowest BCUT2D eigenvalue weighted by atomic mass is 9.66. The van der Waals surface area contributed by atoms with Crippen LogP contribution in [-0.4, -0.2) is 181 Å². The van der Waals surface area contributed by atoms with Gasteiger partial charge in [0.15, 0.2) is 5.71 Å². The van der Waals surface area contributed by atoms with Crippen LogP contribution in [0.5, 0.6) is 0 Å². The molecule has 12 N–H and O–H groups in total. The van der Waals surface area contributed by atoms with Crippen molar-refractivity contribution >= 4 is 102 Å². The maximum absolute atomic E-state index is 14.1. The molecule has 4 atom stereocenters. The molecule has 7 rings (SSSR count). The van der Waals surface area contributed by atoms with Gasteiger partial charge in [-0.25, -0.2) is 4.79 Å². The highest BCUT2D eigenvalue weighted by molar-refractivity contribution is 8.03. The molecule has 0 radical (unpaired) electrons. The molecule has 0 spiro atoms. The van der Waals surface area contributed by atoms with Crippen molar-refractivity contribution in [1.82, 2.24) is 42.5 Å². The Balaban J connectivity index is 0.968. The number of carboxylic acids is 1. The molecule has 3 aliphatic rings. The molecule has 0 saturated heterocycles. The van der Waals surface area contributed by atoms with Crippen LogP contribution in [0, 0.1) is 16.7 Å². The Bertz CT molecular complexity index is 4510. The molecule has 2 aliphatic heterocycles. The number of carboxylic acid groups (broad SMARTS) is 1. The van der Waals surface area contributed by atoms with E-state index in [2.05, 4.69) is 128 Å². The van der Waals surface area contributed by atoms with Crippen molar-refractivity contribution in [2.24, 2.45) is 16.7 Å². The predicted molar refractivity (Wildman–Crippen MR) is 436 cm³/mol. The van der Waals surface area contributed by atoms with Gasteiger partial charge >= 0.3 is 5.97 Å². The first kappa shape index (κ1) is 90.9. The molecule has 0 saturated carbocycles. The van der Waals surface area contributed by atoms with Crippen molar-refractivity contribution in [2.75, 3.05) is 62.2 Å². The molecule has 4 aromatic rings. The van der Waals surface area contributed by atoms with Crippen molar-refractivity contribution < 1.29 is 83.9 Å². The normalized spacial score (nSPS) is 16.6. The van der Waals surface area contributed by atoms with Crippen LogP contribution < -0.4 is 47.4 Å². The van der Waals surface area contributed by atoms with Crippen LogP contribution in [0.15, 0.2) is 154 Å². The van der Waals surface area contributed by atoms with Crippen LogP contribution in [0.1, 0.15) is 174 Å². The number of carbonyl (C=O) groups excluding carboxylic acids is 8. The number of nitrogens with one attached hydrogen (secondary N) is 8. The van der Waals surface area contributed by atoms with Gasteiger partial charge < -0.3 is 57.6 Å². The number of aliphatic hydroxyl groups excluding tert-OH is 1. The molecule has 30 heteroatoms. The largest absolute Gasteiger partial charge is 0.480 e. The number of hydrogen-bond acceptors (Lipinski definition) is 16. The monoisotopic (exact) mass is 1620 g/mol. The second kappa shape index (κ2) is 40.6. The van der Waals surface area contributed by atoms with Crippen LogP contribution in [0.2, 0.25) is 0 Å². The van der Waals surface area contributed by atoms with Gasteiger partial charge in [-0.1, -0.05) is 146 Å². The number of aliphatic carboxylic acids is 1. The maximum atomic E-state index is 14.1. The van der Waals surface area contributed by atoms with Crippen LogP contribution in [-0.2, 0) is 75.8 Å². The molecule has 4 unspecified atom stereocenters. The fourth-order valence-electron chi connectivity index (χ4n) is 13.9. The third-order valence-electron chi connectivity index (χ3n) is 21.0. The number of unbranched alkanes of at least 4 members (excludes halogenated alkanes) is 3. The van der Waals surface area contributed by atoms with Crippen LogP contribution in [0.3, 0.4) is 0 Å². The van der Waals surface area contributed by atoms with E-state index in [1.54, 1.807) is 68.1 Å². The smallest absolute Gasteiger partial charge is 0.326 e. The van der Waals surface area contributed by atoms with E-state index >= 15 is 0 Å². The summed E-state index contributed by atoms with van der Waals surface area (Å²) >= 11 is 1.58. The summed E-state index contributed by atoms with van der Waals surface area (Å²) < 4.78 is 68.1. The topological polar surface area (TPSA) is 405 Å². The van der Waals surface area contributed by atoms with E-state index < -0.39 is 133 Å². The zero-order chi connectivity index (χ0) is 83.2. The zero-order valence-corrected chi connectivity index (χ0v) is 69.0. The second-order valence-corrected chi connectivity index (χ2v) is 35.8. The van der Waals surface area contributed by atoms with E-state index in [1.165, 1.54) is 20.8 Å². The number of allylic oxidation sites excluding steroid dienone is 7. The maximum Gasteiger partial charge on any atom is 0.326 e. The summed E-state index contributed by atoms with van der Waals surface area (Å²) in [5.74, 6) is -7.50. The number of carbonyl (C=O) groups is 9. The lowest BCUT2D eigenvalue weighted by Gasteiger charge is -2.38. The van der Waals surface area contributed by atoms with Gasteiger partial charge in [0.1, 0.15) is 24.7 Å². The van der Waals surface area contributed by atoms with Crippen molar-refractivity contribution in [2.45, 2.75) is 193 Å². The summed E-state index contributed by atoms with van der Waals surface area (Å²) in [6, 6.07) is 28.4. The van der Waals surface area contributed by atoms with E-state index in [1.807, 2.05) is 50.2 Å². The first-order chi connectivity index (χ1) is 53.1. The number of amides is 8. The molecule has 0 aromatic heterocycles. The first-order valence-electron chi connectivity index (χ1n) is 38.5. The van der Waals surface area contributed by atoms with Crippen LogP contribution in [0.4, 0.5) is 11.4 Å². The third kappa shape index (κ3) is 26.1. The minimum atomic E-state index is -4.13. The summed E-state index contributed by atoms with van der Waals surface area (Å²) in [6.45, 7) is 19.4. The molecule has 2 heterocycles. The Labute approximate surface area is 668 Å². The predicted octanol–water partition coefficient (Wildman–Crippen LogP) is 8.42. The van der Waals surface area contributed by atoms with E-state index in [4.69, 9.17) is 0 Å². The summed E-state index contributed by atoms with van der Waals surface area (Å²) in [6.07, 6.45) is 12.5. The molecule has 8 amide bonds. The summed E-state index contributed by atoms with van der Waals surface area (Å²) in [7, 11) is -8.27.